The van der Waals surface area contributed by atoms with Crippen molar-refractivity contribution in [3.63, 3.8) is 0 Å². The van der Waals surface area contributed by atoms with Crippen LogP contribution >= 0.6 is 0 Å². The van der Waals surface area contributed by atoms with E-state index in [0.717, 1.165) is 50.0 Å². The van der Waals surface area contributed by atoms with E-state index in [1.807, 2.05) is 19.2 Å². The Balaban J connectivity index is 1.32. The van der Waals surface area contributed by atoms with Gasteiger partial charge in [0, 0.05) is 31.7 Å². The van der Waals surface area contributed by atoms with Crippen molar-refractivity contribution in [1.82, 2.24) is 9.80 Å². The molecule has 31 heavy (non-hydrogen) atoms. The molecule has 168 valence electrons. The first-order chi connectivity index (χ1) is 15.1. The second-order valence-electron chi connectivity index (χ2n) is 9.71. The van der Waals surface area contributed by atoms with Gasteiger partial charge in [0.25, 0.3) is 0 Å². The normalized spacial score (nSPS) is 26.9. The third-order valence-corrected chi connectivity index (χ3v) is 7.81. The maximum Gasteiger partial charge on any atom is 0.226 e. The van der Waals surface area contributed by atoms with Gasteiger partial charge in [-0.1, -0.05) is 25.0 Å². The lowest BCUT2D eigenvalue weighted by molar-refractivity contribution is -0.118. The second-order valence-corrected chi connectivity index (χ2v) is 9.71. The Bertz CT molecular complexity index is 780. The lowest BCUT2D eigenvalue weighted by atomic mass is 9.88. The van der Waals surface area contributed by atoms with Crippen LogP contribution in [0.1, 0.15) is 76.2 Å². The van der Waals surface area contributed by atoms with Crippen molar-refractivity contribution in [3.05, 3.63) is 29.8 Å². The van der Waals surface area contributed by atoms with E-state index in [-0.39, 0.29) is 5.91 Å². The molecule has 0 bridgehead atoms. The molecule has 1 amide bonds. The molecule has 3 fully saturated rings. The number of hydrogen-bond acceptors (Lipinski definition) is 4. The molecule has 3 aliphatic heterocycles. The molecule has 0 spiro atoms. The molecule has 5 heteroatoms. The van der Waals surface area contributed by atoms with Crippen molar-refractivity contribution in [2.45, 2.75) is 82.2 Å². The Morgan fingerprint density at radius 3 is 2.55 bits per heavy atom. The summed E-state index contributed by atoms with van der Waals surface area (Å²) < 4.78 is 0. The molecule has 1 aromatic rings. The van der Waals surface area contributed by atoms with Crippen LogP contribution in [0.25, 0.3) is 0 Å². The molecule has 0 radical (unpaired) electrons. The topological polar surface area (TPSA) is 50.6 Å². The fraction of sp³-hybridized carbons (Fsp3) is 0.692. The fourth-order valence-electron chi connectivity index (χ4n) is 5.88. The van der Waals surface area contributed by atoms with E-state index in [1.165, 1.54) is 51.6 Å². The largest absolute Gasteiger partial charge is 0.316 e. The van der Waals surface area contributed by atoms with Crippen LogP contribution in [0.5, 0.6) is 0 Å². The molecule has 1 aromatic carbocycles. The predicted octanol–water partition coefficient (Wildman–Crippen LogP) is 4.67. The smallest absolute Gasteiger partial charge is 0.226 e. The van der Waals surface area contributed by atoms with E-state index < -0.39 is 5.54 Å². The highest BCUT2D eigenvalue weighted by atomic mass is 16.2. The number of anilines is 1. The number of carbonyl (C=O) groups is 1. The minimum atomic E-state index is -0.485. The summed E-state index contributed by atoms with van der Waals surface area (Å²) in [5.74, 6) is 0.179. The summed E-state index contributed by atoms with van der Waals surface area (Å²) >= 11 is 0. The lowest BCUT2D eigenvalue weighted by Crippen LogP contribution is -2.46. The van der Waals surface area contributed by atoms with Crippen LogP contribution in [0, 0.1) is 11.3 Å². The van der Waals surface area contributed by atoms with Crippen LogP contribution in [0.15, 0.2) is 24.3 Å². The van der Waals surface area contributed by atoms with Crippen molar-refractivity contribution in [3.8, 4) is 6.07 Å². The van der Waals surface area contributed by atoms with E-state index in [4.69, 9.17) is 0 Å². The zero-order valence-corrected chi connectivity index (χ0v) is 19.2. The number of benzene rings is 1. The van der Waals surface area contributed by atoms with Gasteiger partial charge in [-0.05, 0) is 88.7 Å². The fourth-order valence-corrected chi connectivity index (χ4v) is 5.88. The Kier molecular flexibility index (Phi) is 7.30. The van der Waals surface area contributed by atoms with E-state index in [9.17, 15) is 10.1 Å². The Morgan fingerprint density at radius 1 is 1.06 bits per heavy atom. The summed E-state index contributed by atoms with van der Waals surface area (Å²) in [6.07, 6.45) is 12.4. The monoisotopic (exact) mass is 422 g/mol. The third kappa shape index (κ3) is 4.81. The number of amides is 1. The summed E-state index contributed by atoms with van der Waals surface area (Å²) in [5, 5.41) is 10.1. The highest BCUT2D eigenvalue weighted by Crippen LogP contribution is 2.45. The van der Waals surface area contributed by atoms with Gasteiger partial charge in [-0.3, -0.25) is 9.69 Å². The first-order valence-electron chi connectivity index (χ1n) is 12.4. The van der Waals surface area contributed by atoms with Crippen molar-refractivity contribution < 1.29 is 4.79 Å². The highest BCUT2D eigenvalue weighted by Gasteiger charge is 2.48. The van der Waals surface area contributed by atoms with Gasteiger partial charge in [-0.25, -0.2) is 0 Å². The van der Waals surface area contributed by atoms with E-state index in [1.54, 1.807) is 4.90 Å². The third-order valence-electron chi connectivity index (χ3n) is 7.81. The number of unbranched alkanes of at least 4 members (excludes halogenated alkanes) is 1. The summed E-state index contributed by atoms with van der Waals surface area (Å²) in [6, 6.07) is 11.4. The summed E-state index contributed by atoms with van der Waals surface area (Å²) in [4.78, 5) is 19.5. The number of carbonyl (C=O) groups excluding carboxylic acids is 1. The van der Waals surface area contributed by atoms with Crippen LogP contribution in [-0.2, 0) is 10.3 Å². The molecule has 4 rings (SSSR count). The van der Waals surface area contributed by atoms with Gasteiger partial charge in [0.15, 0.2) is 0 Å². The van der Waals surface area contributed by atoms with Crippen LogP contribution < -0.4 is 4.90 Å². The van der Waals surface area contributed by atoms with E-state index in [0.29, 0.717) is 12.5 Å². The highest BCUT2D eigenvalue weighted by molar-refractivity contribution is 5.92. The average molecular weight is 423 g/mol. The molecule has 0 N–H and O–H groups in total. The van der Waals surface area contributed by atoms with Gasteiger partial charge in [-0.2, -0.15) is 5.26 Å². The Morgan fingerprint density at radius 2 is 1.81 bits per heavy atom. The first kappa shape index (κ1) is 22.3. The predicted molar refractivity (Wildman–Crippen MR) is 125 cm³/mol. The van der Waals surface area contributed by atoms with Crippen LogP contribution in [0.2, 0.25) is 0 Å². The second kappa shape index (κ2) is 10.1. The molecule has 0 saturated carbocycles. The molecule has 5 nitrogen and oxygen atoms in total. The quantitative estimate of drug-likeness (QED) is 0.599. The minimum Gasteiger partial charge on any atom is -0.316 e. The number of nitriles is 1. The molecule has 0 aliphatic carbocycles. The number of hydrogen-bond donors (Lipinski definition) is 0. The zero-order chi connectivity index (χ0) is 21.7. The standard InChI is InChI=1S/C26H38N4O/c1-28(25(31)10-4-7-19-29-17-5-2-6-18-29)23-13-11-22(12-14-23)26(21-27)16-15-24-9-3-8-20-30(24)26/h11-14,24H,2-10,15-20H2,1H3/t24-,26?/m1/s1. The number of rotatable bonds is 7. The summed E-state index contributed by atoms with van der Waals surface area (Å²) in [6.45, 7) is 4.60. The van der Waals surface area contributed by atoms with Gasteiger partial charge >= 0.3 is 0 Å². The van der Waals surface area contributed by atoms with Crippen molar-refractivity contribution >= 4 is 11.6 Å². The molecule has 3 heterocycles. The molecule has 2 atom stereocenters. The molecule has 3 aliphatic rings. The molecule has 0 aromatic heterocycles. The van der Waals surface area contributed by atoms with Crippen molar-refractivity contribution in [2.24, 2.45) is 0 Å². The van der Waals surface area contributed by atoms with E-state index >= 15 is 0 Å². The average Bonchev–Trinajstić information content (AvgIpc) is 3.22. The number of piperidine rings is 2. The summed E-state index contributed by atoms with van der Waals surface area (Å²) in [7, 11) is 1.87. The lowest BCUT2D eigenvalue weighted by Gasteiger charge is -2.39. The van der Waals surface area contributed by atoms with Crippen LogP contribution in [-0.4, -0.2) is 55.0 Å². The van der Waals surface area contributed by atoms with Crippen molar-refractivity contribution in [1.29, 1.82) is 5.26 Å². The van der Waals surface area contributed by atoms with Gasteiger partial charge in [-0.15, -0.1) is 0 Å². The zero-order valence-electron chi connectivity index (χ0n) is 19.2. The Hall–Kier alpha value is -1.90. The first-order valence-corrected chi connectivity index (χ1v) is 12.4. The van der Waals surface area contributed by atoms with Crippen LogP contribution in [0.3, 0.4) is 0 Å². The molecule has 1 unspecified atom stereocenters. The SMILES string of the molecule is CN(C(=O)CCCCN1CCCCC1)c1ccc(C2(C#N)CC[C@H]3CCCCN32)cc1. The van der Waals surface area contributed by atoms with Crippen LogP contribution in [0.4, 0.5) is 5.69 Å². The Labute approximate surface area is 188 Å². The minimum absolute atomic E-state index is 0.179. The van der Waals surface area contributed by atoms with E-state index in [2.05, 4.69) is 28.0 Å². The molecule has 3 saturated heterocycles. The maximum atomic E-state index is 12.7. The molecular formula is C26H38N4O. The maximum absolute atomic E-state index is 12.7. The number of likely N-dealkylation sites (tertiary alicyclic amines) is 1. The summed E-state index contributed by atoms with van der Waals surface area (Å²) in [5.41, 5.74) is 1.53. The van der Waals surface area contributed by atoms with Gasteiger partial charge in [0.05, 0.1) is 6.07 Å². The van der Waals surface area contributed by atoms with Gasteiger partial charge < -0.3 is 9.80 Å². The van der Waals surface area contributed by atoms with Gasteiger partial charge in [0.2, 0.25) is 5.91 Å². The van der Waals surface area contributed by atoms with Gasteiger partial charge in [0.1, 0.15) is 5.54 Å². The molecular weight excluding hydrogens is 384 g/mol. The number of nitrogens with zero attached hydrogens (tertiary/aromatic N) is 4. The number of fused-ring (bicyclic) bond motifs is 1. The van der Waals surface area contributed by atoms with Crippen molar-refractivity contribution in [2.75, 3.05) is 38.1 Å².